The maximum absolute atomic E-state index is 11.4. The summed E-state index contributed by atoms with van der Waals surface area (Å²) < 4.78 is 0. The summed E-state index contributed by atoms with van der Waals surface area (Å²) in [6, 6.07) is 5.76. The zero-order chi connectivity index (χ0) is 16.0. The number of H-pyrrole nitrogens is 1. The van der Waals surface area contributed by atoms with Crippen molar-refractivity contribution in [3.63, 3.8) is 0 Å². The molecule has 3 N–H and O–H groups in total. The fourth-order valence-corrected chi connectivity index (χ4v) is 2.43. The predicted octanol–water partition coefficient (Wildman–Crippen LogP) is 2.45. The van der Waals surface area contributed by atoms with Crippen molar-refractivity contribution < 1.29 is 9.90 Å². The van der Waals surface area contributed by atoms with Crippen LogP contribution < -0.4 is 5.32 Å². The molecule has 0 saturated carbocycles. The first-order valence-electron chi connectivity index (χ1n) is 7.50. The van der Waals surface area contributed by atoms with Crippen LogP contribution in [0.4, 0.5) is 0 Å². The number of nitrogens with zero attached hydrogens (tertiary/aromatic N) is 2. The number of aliphatic carboxylic acids is 1. The number of hydrogen-bond donors (Lipinski definition) is 3. The highest BCUT2D eigenvalue weighted by molar-refractivity contribution is 5.74. The quantitative estimate of drug-likeness (QED) is 0.697. The summed E-state index contributed by atoms with van der Waals surface area (Å²) in [5, 5.41) is 19.9. The van der Waals surface area contributed by atoms with E-state index in [-0.39, 0.29) is 0 Å². The van der Waals surface area contributed by atoms with Crippen molar-refractivity contribution in [1.29, 1.82) is 0 Å². The number of rotatable bonds is 8. The highest BCUT2D eigenvalue weighted by Gasteiger charge is 2.34. The van der Waals surface area contributed by atoms with Gasteiger partial charge in [-0.15, -0.1) is 0 Å². The van der Waals surface area contributed by atoms with E-state index < -0.39 is 11.4 Å². The van der Waals surface area contributed by atoms with Crippen LogP contribution in [0.1, 0.15) is 32.4 Å². The molecule has 0 atom stereocenters. The summed E-state index contributed by atoms with van der Waals surface area (Å²) in [5.74, 6) is -0.745. The molecule has 2 heterocycles. The molecule has 0 aromatic carbocycles. The zero-order valence-corrected chi connectivity index (χ0v) is 13.0. The first-order chi connectivity index (χ1) is 10.6. The lowest BCUT2D eigenvalue weighted by Gasteiger charge is -2.26. The summed E-state index contributed by atoms with van der Waals surface area (Å²) in [4.78, 5) is 15.5. The minimum absolute atomic E-state index is 0.441. The largest absolute Gasteiger partial charge is 0.481 e. The van der Waals surface area contributed by atoms with Gasteiger partial charge in [-0.3, -0.25) is 14.9 Å². The third kappa shape index (κ3) is 3.51. The van der Waals surface area contributed by atoms with Gasteiger partial charge in [0.05, 0.1) is 11.1 Å². The van der Waals surface area contributed by atoms with Crippen LogP contribution >= 0.6 is 0 Å². The second kappa shape index (κ2) is 7.17. The highest BCUT2D eigenvalue weighted by atomic mass is 16.4. The normalized spacial score (nSPS) is 11.5. The van der Waals surface area contributed by atoms with Gasteiger partial charge in [0, 0.05) is 36.7 Å². The van der Waals surface area contributed by atoms with E-state index in [9.17, 15) is 9.90 Å². The van der Waals surface area contributed by atoms with E-state index >= 15 is 0 Å². The minimum atomic E-state index is -0.745. The maximum Gasteiger partial charge on any atom is 0.310 e. The number of carboxylic acids is 1. The number of hydrogen-bond acceptors (Lipinski definition) is 4. The van der Waals surface area contributed by atoms with Gasteiger partial charge in [0.1, 0.15) is 0 Å². The van der Waals surface area contributed by atoms with Crippen LogP contribution in [0.15, 0.2) is 30.6 Å². The number of aromatic amines is 1. The van der Waals surface area contributed by atoms with Crippen LogP contribution in [0.5, 0.6) is 0 Å². The van der Waals surface area contributed by atoms with Gasteiger partial charge >= 0.3 is 5.97 Å². The molecule has 0 bridgehead atoms. The van der Waals surface area contributed by atoms with E-state index in [0.717, 1.165) is 17.0 Å². The van der Waals surface area contributed by atoms with Crippen molar-refractivity contribution >= 4 is 5.97 Å². The smallest absolute Gasteiger partial charge is 0.310 e. The Kier molecular flexibility index (Phi) is 5.27. The van der Waals surface area contributed by atoms with Gasteiger partial charge in [0.15, 0.2) is 0 Å². The van der Waals surface area contributed by atoms with Crippen molar-refractivity contribution in [1.82, 2.24) is 20.5 Å². The SMILES string of the molecule is CCC(CC)(CNCc1cc(-c2cccnc2)n[nH]1)C(=O)O. The number of carbonyl (C=O) groups is 1. The second-order valence-corrected chi connectivity index (χ2v) is 5.42. The van der Waals surface area contributed by atoms with Crippen LogP contribution in [-0.2, 0) is 11.3 Å². The monoisotopic (exact) mass is 302 g/mol. The van der Waals surface area contributed by atoms with E-state index in [0.29, 0.717) is 25.9 Å². The average Bonchev–Trinajstić information content (AvgIpc) is 3.01. The predicted molar refractivity (Wildman–Crippen MR) is 84.2 cm³/mol. The van der Waals surface area contributed by atoms with Crippen LogP contribution in [-0.4, -0.2) is 32.8 Å². The lowest BCUT2D eigenvalue weighted by Crippen LogP contribution is -2.40. The van der Waals surface area contributed by atoms with E-state index in [1.54, 1.807) is 12.4 Å². The summed E-state index contributed by atoms with van der Waals surface area (Å²) >= 11 is 0. The van der Waals surface area contributed by atoms with Gasteiger partial charge in [0.2, 0.25) is 0 Å². The van der Waals surface area contributed by atoms with Crippen molar-refractivity contribution in [2.24, 2.45) is 5.41 Å². The Bertz CT molecular complexity index is 606. The van der Waals surface area contributed by atoms with E-state index in [1.165, 1.54) is 0 Å². The Hall–Kier alpha value is -2.21. The summed E-state index contributed by atoms with van der Waals surface area (Å²) in [6.45, 7) is 4.82. The summed E-state index contributed by atoms with van der Waals surface area (Å²) in [6.07, 6.45) is 4.70. The highest BCUT2D eigenvalue weighted by Crippen LogP contribution is 2.25. The van der Waals surface area contributed by atoms with Gasteiger partial charge in [-0.1, -0.05) is 13.8 Å². The standard InChI is InChI=1S/C16H22N4O2/c1-3-16(4-2,15(21)22)11-18-10-13-8-14(20-19-13)12-6-5-7-17-9-12/h5-9,18H,3-4,10-11H2,1-2H3,(H,19,20)(H,21,22). The molecular formula is C16H22N4O2. The van der Waals surface area contributed by atoms with Crippen LogP contribution in [0.25, 0.3) is 11.3 Å². The summed E-state index contributed by atoms with van der Waals surface area (Å²) in [5.41, 5.74) is 2.00. The molecule has 118 valence electrons. The molecule has 0 saturated heterocycles. The molecule has 0 fully saturated rings. The number of aromatic nitrogens is 3. The Balaban J connectivity index is 1.96. The molecule has 0 unspecified atom stereocenters. The maximum atomic E-state index is 11.4. The van der Waals surface area contributed by atoms with Crippen LogP contribution in [0.3, 0.4) is 0 Å². The molecule has 2 rings (SSSR count). The average molecular weight is 302 g/mol. The molecule has 6 nitrogen and oxygen atoms in total. The van der Waals surface area contributed by atoms with Gasteiger partial charge < -0.3 is 10.4 Å². The van der Waals surface area contributed by atoms with Crippen molar-refractivity contribution in [3.05, 3.63) is 36.3 Å². The molecule has 22 heavy (non-hydrogen) atoms. The number of nitrogens with one attached hydrogen (secondary N) is 2. The molecular weight excluding hydrogens is 280 g/mol. The van der Waals surface area contributed by atoms with Crippen molar-refractivity contribution in [2.45, 2.75) is 33.2 Å². The summed E-state index contributed by atoms with van der Waals surface area (Å²) in [7, 11) is 0. The van der Waals surface area contributed by atoms with E-state index in [4.69, 9.17) is 0 Å². The number of carboxylic acid groups (broad SMARTS) is 1. The fourth-order valence-electron chi connectivity index (χ4n) is 2.43. The molecule has 2 aromatic heterocycles. The number of pyridine rings is 1. The van der Waals surface area contributed by atoms with Gasteiger partial charge in [-0.25, -0.2) is 0 Å². The molecule has 0 aliphatic rings. The lowest BCUT2D eigenvalue weighted by molar-refractivity contribution is -0.149. The Morgan fingerprint density at radius 2 is 2.18 bits per heavy atom. The van der Waals surface area contributed by atoms with Crippen LogP contribution in [0, 0.1) is 5.41 Å². The molecule has 6 heteroatoms. The lowest BCUT2D eigenvalue weighted by atomic mass is 9.82. The first kappa shape index (κ1) is 16.2. The van der Waals surface area contributed by atoms with Crippen molar-refractivity contribution in [2.75, 3.05) is 6.54 Å². The molecule has 0 amide bonds. The van der Waals surface area contributed by atoms with Gasteiger partial charge in [-0.05, 0) is 31.0 Å². The first-order valence-corrected chi connectivity index (χ1v) is 7.50. The van der Waals surface area contributed by atoms with E-state index in [2.05, 4.69) is 20.5 Å². The molecule has 2 aromatic rings. The van der Waals surface area contributed by atoms with E-state index in [1.807, 2.05) is 32.0 Å². The third-order valence-electron chi connectivity index (χ3n) is 4.17. The van der Waals surface area contributed by atoms with Crippen molar-refractivity contribution in [3.8, 4) is 11.3 Å². The molecule has 0 aliphatic carbocycles. The zero-order valence-electron chi connectivity index (χ0n) is 13.0. The molecule has 0 spiro atoms. The second-order valence-electron chi connectivity index (χ2n) is 5.42. The van der Waals surface area contributed by atoms with Gasteiger partial charge in [0.25, 0.3) is 0 Å². The topological polar surface area (TPSA) is 90.9 Å². The Morgan fingerprint density at radius 3 is 2.77 bits per heavy atom. The Labute approximate surface area is 130 Å². The van der Waals surface area contributed by atoms with Gasteiger partial charge in [-0.2, -0.15) is 5.10 Å². The Morgan fingerprint density at radius 1 is 1.41 bits per heavy atom. The minimum Gasteiger partial charge on any atom is -0.481 e. The fraction of sp³-hybridized carbons (Fsp3) is 0.438. The third-order valence-corrected chi connectivity index (χ3v) is 4.17. The molecule has 0 aliphatic heterocycles. The van der Waals surface area contributed by atoms with Crippen LogP contribution in [0.2, 0.25) is 0 Å². The molecule has 0 radical (unpaired) electrons.